The van der Waals surface area contributed by atoms with Gasteiger partial charge in [-0.2, -0.15) is 0 Å². The average Bonchev–Trinajstić information content (AvgIpc) is 3.14. The van der Waals surface area contributed by atoms with Gasteiger partial charge in [-0.15, -0.1) is 0 Å². The first kappa shape index (κ1) is 26.3. The van der Waals surface area contributed by atoms with E-state index in [9.17, 15) is 14.4 Å². The lowest BCUT2D eigenvalue weighted by Gasteiger charge is -2.21. The molecule has 188 valence electrons. The van der Waals surface area contributed by atoms with Crippen LogP contribution in [0, 0.1) is 11.8 Å². The SMILES string of the molecule is CC(C)C[C@@H](NC(=O)OCC1c2ccccc2-c2ccccc21)C(=O)NCCC(C)CCC(=O)O. The Kier molecular flexibility index (Phi) is 9.29. The van der Waals surface area contributed by atoms with E-state index in [4.69, 9.17) is 9.84 Å². The fraction of sp³-hybridized carbons (Fsp3) is 0.464. The second-order valence-corrected chi connectivity index (χ2v) is 9.77. The molecule has 2 aromatic rings. The molecule has 1 aliphatic carbocycles. The average molecular weight is 481 g/mol. The van der Waals surface area contributed by atoms with Gasteiger partial charge in [-0.25, -0.2) is 4.79 Å². The number of carboxylic acid groups (broad SMARTS) is 1. The maximum atomic E-state index is 12.8. The van der Waals surface area contributed by atoms with Gasteiger partial charge in [-0.05, 0) is 53.4 Å². The zero-order valence-corrected chi connectivity index (χ0v) is 20.8. The summed E-state index contributed by atoms with van der Waals surface area (Å²) >= 11 is 0. The first-order valence-corrected chi connectivity index (χ1v) is 12.4. The number of carbonyl (C=O) groups excluding carboxylic acids is 2. The highest BCUT2D eigenvalue weighted by molar-refractivity contribution is 5.85. The summed E-state index contributed by atoms with van der Waals surface area (Å²) in [6.07, 6.45) is 1.25. The summed E-state index contributed by atoms with van der Waals surface area (Å²) < 4.78 is 5.61. The van der Waals surface area contributed by atoms with Crippen LogP contribution < -0.4 is 10.6 Å². The van der Waals surface area contributed by atoms with Crippen molar-refractivity contribution >= 4 is 18.0 Å². The van der Waals surface area contributed by atoms with Gasteiger partial charge in [-0.3, -0.25) is 9.59 Å². The topological polar surface area (TPSA) is 105 Å². The van der Waals surface area contributed by atoms with E-state index in [-0.39, 0.29) is 36.7 Å². The summed E-state index contributed by atoms with van der Waals surface area (Å²) in [5, 5.41) is 14.4. The van der Waals surface area contributed by atoms with E-state index in [1.165, 1.54) is 0 Å². The van der Waals surface area contributed by atoms with E-state index in [2.05, 4.69) is 34.9 Å². The third kappa shape index (κ3) is 7.31. The van der Waals surface area contributed by atoms with Crippen LogP contribution in [0.4, 0.5) is 4.79 Å². The molecule has 0 fully saturated rings. The van der Waals surface area contributed by atoms with Gasteiger partial charge >= 0.3 is 12.1 Å². The molecule has 0 heterocycles. The smallest absolute Gasteiger partial charge is 0.407 e. The van der Waals surface area contributed by atoms with Crippen molar-refractivity contribution in [2.24, 2.45) is 11.8 Å². The van der Waals surface area contributed by atoms with E-state index in [0.29, 0.717) is 25.8 Å². The maximum Gasteiger partial charge on any atom is 0.407 e. The Bertz CT molecular complexity index is 990. The van der Waals surface area contributed by atoms with Crippen molar-refractivity contribution in [1.82, 2.24) is 10.6 Å². The predicted octanol–water partition coefficient (Wildman–Crippen LogP) is 4.95. The molecule has 1 aliphatic rings. The van der Waals surface area contributed by atoms with Crippen LogP contribution in [-0.2, 0) is 14.3 Å². The zero-order valence-electron chi connectivity index (χ0n) is 20.8. The third-order valence-corrected chi connectivity index (χ3v) is 6.45. The number of aliphatic carboxylic acids is 1. The molecule has 2 atom stereocenters. The first-order chi connectivity index (χ1) is 16.8. The van der Waals surface area contributed by atoms with Crippen molar-refractivity contribution in [3.63, 3.8) is 0 Å². The minimum Gasteiger partial charge on any atom is -0.481 e. The number of fused-ring (bicyclic) bond motifs is 3. The molecule has 7 nitrogen and oxygen atoms in total. The highest BCUT2D eigenvalue weighted by Gasteiger charge is 2.30. The number of nitrogens with one attached hydrogen (secondary N) is 2. The normalized spacial score (nSPS) is 14.1. The lowest BCUT2D eigenvalue weighted by atomic mass is 9.98. The molecule has 0 saturated heterocycles. The lowest BCUT2D eigenvalue weighted by molar-refractivity contribution is -0.137. The highest BCUT2D eigenvalue weighted by atomic mass is 16.5. The molecule has 0 saturated carbocycles. The van der Waals surface area contributed by atoms with E-state index in [1.54, 1.807) is 0 Å². The van der Waals surface area contributed by atoms with Crippen LogP contribution in [0.1, 0.15) is 63.5 Å². The van der Waals surface area contributed by atoms with Gasteiger partial charge in [0.1, 0.15) is 12.6 Å². The number of carbonyl (C=O) groups is 3. The highest BCUT2D eigenvalue weighted by Crippen LogP contribution is 2.44. The van der Waals surface area contributed by atoms with Crippen molar-refractivity contribution < 1.29 is 24.2 Å². The first-order valence-electron chi connectivity index (χ1n) is 12.4. The maximum absolute atomic E-state index is 12.8. The number of ether oxygens (including phenoxy) is 1. The van der Waals surface area contributed by atoms with Gasteiger partial charge in [0.25, 0.3) is 0 Å². The molecule has 0 aliphatic heterocycles. The van der Waals surface area contributed by atoms with Crippen LogP contribution in [0.3, 0.4) is 0 Å². The van der Waals surface area contributed by atoms with E-state index >= 15 is 0 Å². The number of amides is 2. The van der Waals surface area contributed by atoms with Gasteiger partial charge in [0, 0.05) is 18.9 Å². The Hall–Kier alpha value is -3.35. The largest absolute Gasteiger partial charge is 0.481 e. The molecule has 0 bridgehead atoms. The van der Waals surface area contributed by atoms with Crippen molar-refractivity contribution in [3.8, 4) is 11.1 Å². The molecule has 3 N–H and O–H groups in total. The molecule has 0 radical (unpaired) electrons. The molecular formula is C28H36N2O5. The molecule has 7 heteroatoms. The number of hydrogen-bond acceptors (Lipinski definition) is 4. The summed E-state index contributed by atoms with van der Waals surface area (Å²) in [4.78, 5) is 36.2. The van der Waals surface area contributed by atoms with Crippen molar-refractivity contribution in [2.45, 2.75) is 58.4 Å². The minimum atomic E-state index is -0.815. The third-order valence-electron chi connectivity index (χ3n) is 6.45. The second kappa shape index (κ2) is 12.4. The van der Waals surface area contributed by atoms with Crippen LogP contribution in [0.2, 0.25) is 0 Å². The van der Waals surface area contributed by atoms with Gasteiger partial charge in [0.05, 0.1) is 0 Å². The molecule has 3 rings (SSSR count). The predicted molar refractivity (Wildman–Crippen MR) is 135 cm³/mol. The number of hydrogen-bond donors (Lipinski definition) is 3. The Morgan fingerprint density at radius 1 is 0.943 bits per heavy atom. The van der Waals surface area contributed by atoms with Crippen LogP contribution in [-0.4, -0.2) is 42.3 Å². The number of carboxylic acids is 1. The molecule has 0 spiro atoms. The summed E-state index contributed by atoms with van der Waals surface area (Å²) in [6.45, 7) is 6.58. The van der Waals surface area contributed by atoms with Crippen LogP contribution in [0.15, 0.2) is 48.5 Å². The fourth-order valence-corrected chi connectivity index (χ4v) is 4.56. The van der Waals surface area contributed by atoms with E-state index < -0.39 is 18.1 Å². The van der Waals surface area contributed by atoms with Crippen molar-refractivity contribution in [3.05, 3.63) is 59.7 Å². The molecule has 0 aromatic heterocycles. The summed E-state index contributed by atoms with van der Waals surface area (Å²) in [5.41, 5.74) is 4.59. The molecular weight excluding hydrogens is 444 g/mol. The summed E-state index contributed by atoms with van der Waals surface area (Å²) in [7, 11) is 0. The van der Waals surface area contributed by atoms with Crippen molar-refractivity contribution in [1.29, 1.82) is 0 Å². The standard InChI is InChI=1S/C28H36N2O5/c1-18(2)16-25(27(33)29-15-14-19(3)12-13-26(31)32)30-28(34)35-17-24-22-10-6-4-8-20(22)21-9-5-7-11-23(21)24/h4-11,18-19,24-25H,12-17H2,1-3H3,(H,29,33)(H,30,34)(H,31,32)/t19?,25-/m1/s1. The van der Waals surface area contributed by atoms with Crippen LogP contribution in [0.5, 0.6) is 0 Å². The Morgan fingerprint density at radius 2 is 1.54 bits per heavy atom. The zero-order chi connectivity index (χ0) is 25.4. The lowest BCUT2D eigenvalue weighted by Crippen LogP contribution is -2.48. The van der Waals surface area contributed by atoms with Crippen molar-refractivity contribution in [2.75, 3.05) is 13.2 Å². The number of rotatable bonds is 12. The van der Waals surface area contributed by atoms with Crippen LogP contribution >= 0.6 is 0 Å². The molecule has 1 unspecified atom stereocenters. The minimum absolute atomic E-state index is 0.0437. The Morgan fingerprint density at radius 3 is 2.11 bits per heavy atom. The number of alkyl carbamates (subject to hydrolysis) is 1. The van der Waals surface area contributed by atoms with Gasteiger partial charge in [-0.1, -0.05) is 69.3 Å². The molecule has 2 amide bonds. The Labute approximate surface area is 207 Å². The summed E-state index contributed by atoms with van der Waals surface area (Å²) in [6, 6.07) is 15.6. The summed E-state index contributed by atoms with van der Waals surface area (Å²) in [5.74, 6) is -0.722. The van der Waals surface area contributed by atoms with Crippen LogP contribution in [0.25, 0.3) is 11.1 Å². The number of benzene rings is 2. The molecule has 2 aromatic carbocycles. The quantitative estimate of drug-likeness (QED) is 0.399. The Balaban J connectivity index is 1.54. The van der Waals surface area contributed by atoms with Gasteiger partial charge in [0.15, 0.2) is 0 Å². The molecule has 35 heavy (non-hydrogen) atoms. The van der Waals surface area contributed by atoms with E-state index in [0.717, 1.165) is 22.3 Å². The van der Waals surface area contributed by atoms with E-state index in [1.807, 2.05) is 45.0 Å². The fourth-order valence-electron chi connectivity index (χ4n) is 4.56. The monoisotopic (exact) mass is 480 g/mol. The van der Waals surface area contributed by atoms with Gasteiger partial charge < -0.3 is 20.5 Å². The van der Waals surface area contributed by atoms with Gasteiger partial charge in [0.2, 0.25) is 5.91 Å². The second-order valence-electron chi connectivity index (χ2n) is 9.77.